The number of halogens is 1. The fourth-order valence-corrected chi connectivity index (χ4v) is 0.834. The number of hydrogen-bond donors (Lipinski definition) is 1. The maximum atomic E-state index is 10.3. The summed E-state index contributed by atoms with van der Waals surface area (Å²) in [6, 6.07) is 10.5. The van der Waals surface area contributed by atoms with Gasteiger partial charge in [-0.1, -0.05) is 24.3 Å². The van der Waals surface area contributed by atoms with Gasteiger partial charge in [-0.25, -0.2) is 0 Å². The maximum Gasteiger partial charge on any atom is 0 e. The zero-order chi connectivity index (χ0) is 8.10. The minimum atomic E-state index is -0.512. The van der Waals surface area contributed by atoms with Gasteiger partial charge < -0.3 is 10.5 Å². The van der Waals surface area contributed by atoms with Gasteiger partial charge in [0.25, 0.3) is 0 Å². The molecule has 0 aliphatic rings. The van der Waals surface area contributed by atoms with Crippen molar-refractivity contribution in [1.82, 2.24) is 0 Å². The van der Waals surface area contributed by atoms with Crippen LogP contribution in [0, 0.1) is 11.5 Å². The summed E-state index contributed by atoms with van der Waals surface area (Å²) in [5, 5.41) is 16.9. The van der Waals surface area contributed by atoms with Crippen LogP contribution in [-0.4, -0.2) is 5.90 Å². The minimum Gasteiger partial charge on any atom is -0.862 e. The molecule has 0 bridgehead atoms. The fraction of sp³-hybridized carbons (Fsp3) is 0.222. The van der Waals surface area contributed by atoms with Gasteiger partial charge in [-0.05, 0) is 30.4 Å². The smallest absolute Gasteiger partial charge is 0 e. The Morgan fingerprint density at radius 1 is 1.46 bits per heavy atom. The van der Waals surface area contributed by atoms with E-state index in [9.17, 15) is 5.11 Å². The van der Waals surface area contributed by atoms with Crippen molar-refractivity contribution >= 4 is 29.9 Å². The third-order valence-corrected chi connectivity index (χ3v) is 1.39. The van der Waals surface area contributed by atoms with Crippen LogP contribution in [0.3, 0.4) is 0 Å². The van der Waals surface area contributed by atoms with Crippen molar-refractivity contribution in [3.63, 3.8) is 0 Å². The summed E-state index contributed by atoms with van der Waals surface area (Å²) in [5.74, 6) is -0.512. The molecule has 13 heavy (non-hydrogen) atoms. The van der Waals surface area contributed by atoms with Gasteiger partial charge in [0, 0.05) is 20.4 Å². The van der Waals surface area contributed by atoms with E-state index in [1.165, 1.54) is 0 Å². The maximum absolute atomic E-state index is 10.3. The van der Waals surface area contributed by atoms with Crippen LogP contribution in [0.15, 0.2) is 24.3 Å². The van der Waals surface area contributed by atoms with E-state index in [1.54, 1.807) is 0 Å². The Morgan fingerprint density at radius 2 is 2.15 bits per heavy atom. The molecule has 0 saturated heterocycles. The summed E-state index contributed by atoms with van der Waals surface area (Å²) in [6.45, 7) is 0. The number of aryl methyl sites for hydroxylation is 1. The van der Waals surface area contributed by atoms with Crippen molar-refractivity contribution in [1.29, 1.82) is 5.41 Å². The average Bonchev–Trinajstić information content (AvgIpc) is 2.03. The van der Waals surface area contributed by atoms with Crippen LogP contribution in [0.25, 0.3) is 0 Å². The molecule has 0 heterocycles. The van der Waals surface area contributed by atoms with Crippen molar-refractivity contribution in [3.8, 4) is 0 Å². The third kappa shape index (κ3) is 7.18. The quantitative estimate of drug-likeness (QED) is 0.366. The molecule has 0 atom stereocenters. The first kappa shape index (κ1) is 15.5. The Labute approximate surface area is 109 Å². The first-order valence-electron chi connectivity index (χ1n) is 3.49. The first-order chi connectivity index (χ1) is 5.29. The second-order valence-corrected chi connectivity index (χ2v) is 2.31. The first-order valence-corrected chi connectivity index (χ1v) is 3.49. The van der Waals surface area contributed by atoms with Crippen LogP contribution in [-0.2, 0) is 26.8 Å². The van der Waals surface area contributed by atoms with E-state index in [4.69, 9.17) is 5.41 Å². The number of nitrogens with one attached hydrogen (secondary N) is 1. The monoisotopic (exact) mass is 381 g/mol. The van der Waals surface area contributed by atoms with Gasteiger partial charge in [0.05, 0.1) is 0 Å². The summed E-state index contributed by atoms with van der Waals surface area (Å²) in [5.41, 5.74) is 0.994. The van der Waals surface area contributed by atoms with Gasteiger partial charge in [-0.15, -0.1) is 24.0 Å². The molecule has 4 heteroatoms. The Hall–Kier alpha value is 0.0823. The molecular formula is C9H10INOPd-. The SMILES string of the molecule is I.N=C([O-])CCc1[c]cccc1.[Pd]. The van der Waals surface area contributed by atoms with Gasteiger partial charge in [0.1, 0.15) is 0 Å². The molecule has 1 N–H and O–H groups in total. The van der Waals surface area contributed by atoms with E-state index < -0.39 is 5.90 Å². The normalized spacial score (nSPS) is 8.00. The summed E-state index contributed by atoms with van der Waals surface area (Å²) < 4.78 is 0. The van der Waals surface area contributed by atoms with Crippen molar-refractivity contribution in [2.45, 2.75) is 12.8 Å². The predicted molar refractivity (Wildman–Crippen MR) is 56.7 cm³/mol. The predicted octanol–water partition coefficient (Wildman–Crippen LogP) is 1.37. The van der Waals surface area contributed by atoms with E-state index in [-0.39, 0.29) is 44.4 Å². The van der Waals surface area contributed by atoms with E-state index in [0.29, 0.717) is 12.8 Å². The van der Waals surface area contributed by atoms with Crippen LogP contribution >= 0.6 is 24.0 Å². The fourth-order valence-electron chi connectivity index (χ4n) is 0.834. The number of hydrogen-bond acceptors (Lipinski definition) is 2. The Bertz CT molecular complexity index is 241. The van der Waals surface area contributed by atoms with Gasteiger partial charge in [0.2, 0.25) is 0 Å². The number of benzene rings is 1. The molecule has 0 aromatic heterocycles. The molecular weight excluding hydrogens is 371 g/mol. The Kier molecular flexibility index (Phi) is 10.4. The van der Waals surface area contributed by atoms with Crippen molar-refractivity contribution in [2.24, 2.45) is 0 Å². The molecule has 2 nitrogen and oxygen atoms in total. The zero-order valence-corrected chi connectivity index (χ0v) is 10.7. The molecule has 0 aliphatic carbocycles. The summed E-state index contributed by atoms with van der Waals surface area (Å²) in [6.07, 6.45) is 0.920. The van der Waals surface area contributed by atoms with Gasteiger partial charge >= 0.3 is 0 Å². The van der Waals surface area contributed by atoms with E-state index >= 15 is 0 Å². The van der Waals surface area contributed by atoms with Crippen LogP contribution in [0.1, 0.15) is 12.0 Å². The van der Waals surface area contributed by atoms with Crippen molar-refractivity contribution in [3.05, 3.63) is 35.9 Å². The molecule has 1 rings (SSSR count). The standard InChI is InChI=1S/C9H10NO.HI.Pd/c10-9(11)7-6-8-4-2-1-3-5-8;;/h1-4H,6-7H2,(H2,10,11);1H;/p-1. The molecule has 0 saturated carbocycles. The summed E-state index contributed by atoms with van der Waals surface area (Å²) in [4.78, 5) is 0. The Balaban J connectivity index is 0. The molecule has 1 radical (unpaired) electrons. The third-order valence-electron chi connectivity index (χ3n) is 1.39. The number of rotatable bonds is 3. The van der Waals surface area contributed by atoms with E-state index in [2.05, 4.69) is 6.07 Å². The van der Waals surface area contributed by atoms with Crippen LogP contribution in [0.4, 0.5) is 0 Å². The van der Waals surface area contributed by atoms with Crippen molar-refractivity contribution in [2.75, 3.05) is 0 Å². The van der Waals surface area contributed by atoms with Gasteiger partial charge in [0.15, 0.2) is 0 Å². The largest absolute Gasteiger partial charge is 0.862 e. The summed E-state index contributed by atoms with van der Waals surface area (Å²) in [7, 11) is 0. The van der Waals surface area contributed by atoms with Gasteiger partial charge in [-0.2, -0.15) is 0 Å². The summed E-state index contributed by atoms with van der Waals surface area (Å²) >= 11 is 0. The average molecular weight is 382 g/mol. The molecule has 0 fully saturated rings. The second-order valence-electron chi connectivity index (χ2n) is 2.31. The van der Waals surface area contributed by atoms with Crippen LogP contribution in [0.2, 0.25) is 0 Å². The van der Waals surface area contributed by atoms with Gasteiger partial charge in [-0.3, -0.25) is 0 Å². The minimum absolute atomic E-state index is 0. The molecule has 1 aromatic rings. The van der Waals surface area contributed by atoms with Crippen LogP contribution < -0.4 is 5.11 Å². The second kappa shape index (κ2) is 8.67. The van der Waals surface area contributed by atoms with Crippen molar-refractivity contribution < 1.29 is 25.5 Å². The molecule has 1 aromatic carbocycles. The Morgan fingerprint density at radius 3 is 2.62 bits per heavy atom. The molecule has 0 spiro atoms. The zero-order valence-electron chi connectivity index (χ0n) is 6.86. The molecule has 75 valence electrons. The molecule has 0 unspecified atom stereocenters. The molecule has 0 aliphatic heterocycles. The topological polar surface area (TPSA) is 46.9 Å². The van der Waals surface area contributed by atoms with E-state index in [1.807, 2.05) is 24.3 Å². The van der Waals surface area contributed by atoms with Crippen LogP contribution in [0.5, 0.6) is 0 Å². The van der Waals surface area contributed by atoms with E-state index in [0.717, 1.165) is 5.56 Å². The molecule has 0 amide bonds.